The van der Waals surface area contributed by atoms with Crippen molar-refractivity contribution in [3.05, 3.63) is 58.7 Å². The molecule has 2 unspecified atom stereocenters. The molecule has 0 radical (unpaired) electrons. The van der Waals surface area contributed by atoms with Gasteiger partial charge in [-0.2, -0.15) is 0 Å². The van der Waals surface area contributed by atoms with E-state index in [1.165, 1.54) is 0 Å². The monoisotopic (exact) mass is 418 g/mol. The van der Waals surface area contributed by atoms with Crippen LogP contribution in [0.1, 0.15) is 40.9 Å². The van der Waals surface area contributed by atoms with Crippen molar-refractivity contribution in [2.75, 3.05) is 26.4 Å². The van der Waals surface area contributed by atoms with Gasteiger partial charge in [-0.05, 0) is 37.1 Å². The molecule has 0 spiro atoms. The maximum absolute atomic E-state index is 13.5. The number of hydrogen-bond donors (Lipinski definition) is 4. The number of ether oxygens (including phenoxy) is 2. The number of hydrogen-bond acceptors (Lipinski definition) is 7. The molecule has 0 aromatic heterocycles. The lowest BCUT2D eigenvalue weighted by molar-refractivity contribution is 0.102. The first-order chi connectivity index (χ1) is 14.4. The summed E-state index contributed by atoms with van der Waals surface area (Å²) in [6.07, 6.45) is -0.690. The normalized spacial score (nSPS) is 13.0. The van der Waals surface area contributed by atoms with E-state index >= 15 is 0 Å². The van der Waals surface area contributed by atoms with Gasteiger partial charge in [0, 0.05) is 12.8 Å². The van der Waals surface area contributed by atoms with Gasteiger partial charge in [0.15, 0.2) is 5.78 Å². The number of carbonyl (C=O) groups excluding carboxylic acids is 1. The van der Waals surface area contributed by atoms with Crippen LogP contribution in [0.3, 0.4) is 0 Å². The molecule has 7 heteroatoms. The Labute approximate surface area is 176 Å². The van der Waals surface area contributed by atoms with Gasteiger partial charge in [-0.15, -0.1) is 0 Å². The van der Waals surface area contributed by atoms with E-state index in [0.29, 0.717) is 22.6 Å². The van der Waals surface area contributed by atoms with Gasteiger partial charge < -0.3 is 29.9 Å². The number of carbonyl (C=O) groups is 1. The first-order valence-electron chi connectivity index (χ1n) is 10.0. The van der Waals surface area contributed by atoms with Gasteiger partial charge in [0.1, 0.15) is 24.7 Å². The van der Waals surface area contributed by atoms with Gasteiger partial charge in [-0.3, -0.25) is 4.79 Å². The third kappa shape index (κ3) is 6.27. The molecule has 0 saturated heterocycles. The van der Waals surface area contributed by atoms with Crippen LogP contribution in [0.4, 0.5) is 0 Å². The molecule has 0 aliphatic rings. The van der Waals surface area contributed by atoms with Crippen LogP contribution in [-0.4, -0.2) is 64.8 Å². The predicted octanol–water partition coefficient (Wildman–Crippen LogP) is 1.51. The molecule has 0 amide bonds. The fourth-order valence-corrected chi connectivity index (χ4v) is 3.27. The average Bonchev–Trinajstić information content (AvgIpc) is 2.70. The van der Waals surface area contributed by atoms with E-state index in [1.807, 2.05) is 0 Å². The number of aliphatic hydroxyl groups excluding tert-OH is 4. The second-order valence-electron chi connectivity index (χ2n) is 7.17. The minimum absolute atomic E-state index is 0.00698. The summed E-state index contributed by atoms with van der Waals surface area (Å²) in [5.74, 6) is 0.272. The molecule has 2 atom stereocenters. The molecule has 0 aliphatic carbocycles. The molecule has 2 aromatic carbocycles. The number of ketones is 1. The van der Waals surface area contributed by atoms with Crippen LogP contribution in [0.15, 0.2) is 36.4 Å². The van der Waals surface area contributed by atoms with Crippen molar-refractivity contribution in [1.82, 2.24) is 0 Å². The standard InChI is InChI=1S/C23H30O7/c1-15(26)13-17-5-3-7-19(22(17)29-11-9-24)21(28)20-8-4-6-18(14-16(2)27)23(20)30-12-10-25/h3-8,15-16,24-27H,9-14H2,1-2H3. The van der Waals surface area contributed by atoms with Crippen LogP contribution in [-0.2, 0) is 12.8 Å². The lowest BCUT2D eigenvalue weighted by atomic mass is 9.94. The van der Waals surface area contributed by atoms with Gasteiger partial charge in [0.25, 0.3) is 0 Å². The Balaban J connectivity index is 2.56. The molecule has 0 saturated carbocycles. The Bertz CT molecular complexity index is 763. The quantitative estimate of drug-likeness (QED) is 0.386. The highest BCUT2D eigenvalue weighted by Gasteiger charge is 2.23. The average molecular weight is 418 g/mol. The van der Waals surface area contributed by atoms with E-state index in [2.05, 4.69) is 0 Å². The van der Waals surface area contributed by atoms with E-state index < -0.39 is 12.2 Å². The number of benzene rings is 2. The van der Waals surface area contributed by atoms with Crippen molar-refractivity contribution in [2.45, 2.75) is 38.9 Å². The minimum Gasteiger partial charge on any atom is -0.490 e. The van der Waals surface area contributed by atoms with E-state index in [1.54, 1.807) is 50.2 Å². The topological polar surface area (TPSA) is 116 Å². The zero-order valence-corrected chi connectivity index (χ0v) is 17.4. The zero-order valence-electron chi connectivity index (χ0n) is 17.4. The summed E-state index contributed by atoms with van der Waals surface area (Å²) in [7, 11) is 0. The van der Waals surface area contributed by atoms with E-state index in [4.69, 9.17) is 9.47 Å². The van der Waals surface area contributed by atoms with Crippen molar-refractivity contribution in [3.8, 4) is 11.5 Å². The third-order valence-corrected chi connectivity index (χ3v) is 4.39. The summed E-state index contributed by atoms with van der Waals surface area (Å²) in [4.78, 5) is 13.5. The van der Waals surface area contributed by atoms with Crippen LogP contribution in [0.25, 0.3) is 0 Å². The molecular formula is C23H30O7. The van der Waals surface area contributed by atoms with Crippen molar-refractivity contribution < 1.29 is 34.7 Å². The Kier molecular flexibility index (Phi) is 9.26. The van der Waals surface area contributed by atoms with Crippen molar-refractivity contribution in [1.29, 1.82) is 0 Å². The highest BCUT2D eigenvalue weighted by atomic mass is 16.5. The highest BCUT2D eigenvalue weighted by Crippen LogP contribution is 2.32. The maximum atomic E-state index is 13.5. The molecule has 2 rings (SSSR count). The predicted molar refractivity (Wildman–Crippen MR) is 112 cm³/mol. The summed E-state index contributed by atoms with van der Waals surface area (Å²) < 4.78 is 11.3. The largest absolute Gasteiger partial charge is 0.490 e. The Morgan fingerprint density at radius 1 is 0.800 bits per heavy atom. The van der Waals surface area contributed by atoms with Gasteiger partial charge in [0.05, 0.1) is 36.5 Å². The second-order valence-corrected chi connectivity index (χ2v) is 7.17. The van der Waals surface area contributed by atoms with Crippen LogP contribution >= 0.6 is 0 Å². The molecular weight excluding hydrogens is 388 g/mol. The maximum Gasteiger partial charge on any atom is 0.200 e. The van der Waals surface area contributed by atoms with Crippen LogP contribution in [0, 0.1) is 0 Å². The van der Waals surface area contributed by atoms with Crippen LogP contribution in [0.5, 0.6) is 11.5 Å². The molecule has 0 heterocycles. The summed E-state index contributed by atoms with van der Waals surface area (Å²) in [5, 5.41) is 38.0. The molecule has 4 N–H and O–H groups in total. The fraction of sp³-hybridized carbons (Fsp3) is 0.435. The van der Waals surface area contributed by atoms with Gasteiger partial charge >= 0.3 is 0 Å². The van der Waals surface area contributed by atoms with Crippen molar-refractivity contribution >= 4 is 5.78 Å². The van der Waals surface area contributed by atoms with Gasteiger partial charge in [0.2, 0.25) is 0 Å². The summed E-state index contributed by atoms with van der Waals surface area (Å²) >= 11 is 0. The Hall–Kier alpha value is -2.45. The third-order valence-electron chi connectivity index (χ3n) is 4.39. The summed E-state index contributed by atoms with van der Waals surface area (Å²) in [6.45, 7) is 2.87. The second kappa shape index (κ2) is 11.7. The van der Waals surface area contributed by atoms with E-state index in [-0.39, 0.29) is 56.2 Å². The van der Waals surface area contributed by atoms with Crippen molar-refractivity contribution in [3.63, 3.8) is 0 Å². The van der Waals surface area contributed by atoms with Gasteiger partial charge in [-0.25, -0.2) is 0 Å². The molecule has 0 fully saturated rings. The van der Waals surface area contributed by atoms with E-state index in [0.717, 1.165) is 0 Å². The molecule has 30 heavy (non-hydrogen) atoms. The number of para-hydroxylation sites is 2. The number of aliphatic hydroxyl groups is 4. The number of rotatable bonds is 12. The molecule has 0 aliphatic heterocycles. The van der Waals surface area contributed by atoms with Gasteiger partial charge in [-0.1, -0.05) is 24.3 Å². The lowest BCUT2D eigenvalue weighted by Gasteiger charge is -2.19. The highest BCUT2D eigenvalue weighted by molar-refractivity contribution is 6.12. The van der Waals surface area contributed by atoms with Crippen LogP contribution < -0.4 is 9.47 Å². The molecule has 2 aromatic rings. The summed E-state index contributed by atoms with van der Waals surface area (Å²) in [5.41, 5.74) is 1.87. The lowest BCUT2D eigenvalue weighted by Crippen LogP contribution is -2.15. The molecule has 7 nitrogen and oxygen atoms in total. The minimum atomic E-state index is -0.635. The molecule has 0 bridgehead atoms. The van der Waals surface area contributed by atoms with E-state index in [9.17, 15) is 25.2 Å². The van der Waals surface area contributed by atoms with Crippen molar-refractivity contribution in [2.24, 2.45) is 0 Å². The zero-order chi connectivity index (χ0) is 22.1. The fourth-order valence-electron chi connectivity index (χ4n) is 3.27. The SMILES string of the molecule is CC(O)Cc1cccc(C(=O)c2cccc(CC(C)O)c2OCCO)c1OCCO. The molecule has 164 valence electrons. The first kappa shape index (κ1) is 23.8. The Morgan fingerprint density at radius 3 is 1.53 bits per heavy atom. The summed E-state index contributed by atoms with van der Waals surface area (Å²) in [6, 6.07) is 10.2. The smallest absolute Gasteiger partial charge is 0.200 e. The first-order valence-corrected chi connectivity index (χ1v) is 10.0. The Morgan fingerprint density at radius 2 is 1.20 bits per heavy atom. The van der Waals surface area contributed by atoms with Crippen LogP contribution in [0.2, 0.25) is 0 Å².